The average Bonchev–Trinajstić information content (AvgIpc) is 2.78. The van der Waals surface area contributed by atoms with Crippen molar-refractivity contribution in [2.24, 2.45) is 0 Å². The van der Waals surface area contributed by atoms with Gasteiger partial charge < -0.3 is 14.8 Å². The molecule has 3 amide bonds. The monoisotopic (exact) mass is 396 g/mol. The number of urea groups is 1. The van der Waals surface area contributed by atoms with Crippen LogP contribution in [0.1, 0.15) is 32.8 Å². The fourth-order valence-electron chi connectivity index (χ4n) is 2.12. The van der Waals surface area contributed by atoms with Gasteiger partial charge in [-0.05, 0) is 60.0 Å². The Morgan fingerprint density at radius 1 is 1.33 bits per heavy atom. The molecule has 24 heavy (non-hydrogen) atoms. The number of carbonyl (C=O) groups is 2. The van der Waals surface area contributed by atoms with Crippen molar-refractivity contribution in [1.29, 1.82) is 0 Å². The summed E-state index contributed by atoms with van der Waals surface area (Å²) in [6, 6.07) is 3.17. The van der Waals surface area contributed by atoms with Crippen LogP contribution >= 0.6 is 15.9 Å². The molecule has 1 heterocycles. The van der Waals surface area contributed by atoms with Gasteiger partial charge in [0.25, 0.3) is 5.91 Å². The number of imide groups is 1. The van der Waals surface area contributed by atoms with Crippen molar-refractivity contribution in [3.05, 3.63) is 27.9 Å². The summed E-state index contributed by atoms with van der Waals surface area (Å²) >= 11 is 3.50. The molecule has 1 aromatic carbocycles. The standard InChI is InChI=1S/C17H21BrN2O4/c1-5-10(3)24-15-12(18)7-11(9-14(15)23-6-2)8-13-16(21)20(4)17(22)19-13/h7-10H,5-6H2,1-4H3,(H,19,22)/b13-8+/t10-/m1/s1. The fourth-order valence-corrected chi connectivity index (χ4v) is 2.68. The Balaban J connectivity index is 2.39. The maximum Gasteiger partial charge on any atom is 0.328 e. The molecule has 6 nitrogen and oxygen atoms in total. The number of halogens is 1. The van der Waals surface area contributed by atoms with Crippen LogP contribution in [-0.4, -0.2) is 36.6 Å². The van der Waals surface area contributed by atoms with Crippen molar-refractivity contribution in [3.8, 4) is 11.5 Å². The van der Waals surface area contributed by atoms with Gasteiger partial charge in [-0.15, -0.1) is 0 Å². The number of hydrogen-bond donors (Lipinski definition) is 1. The van der Waals surface area contributed by atoms with Crippen LogP contribution in [0.2, 0.25) is 0 Å². The molecule has 0 spiro atoms. The first-order valence-electron chi connectivity index (χ1n) is 7.81. The van der Waals surface area contributed by atoms with Crippen LogP contribution < -0.4 is 14.8 Å². The lowest BCUT2D eigenvalue weighted by Crippen LogP contribution is -2.25. The van der Waals surface area contributed by atoms with Crippen LogP contribution in [0.15, 0.2) is 22.3 Å². The number of nitrogens with one attached hydrogen (secondary N) is 1. The van der Waals surface area contributed by atoms with E-state index < -0.39 is 6.03 Å². The van der Waals surface area contributed by atoms with Crippen LogP contribution in [-0.2, 0) is 4.79 Å². The van der Waals surface area contributed by atoms with Crippen LogP contribution in [0.3, 0.4) is 0 Å². The molecule has 0 aromatic heterocycles. The van der Waals surface area contributed by atoms with E-state index in [4.69, 9.17) is 9.47 Å². The lowest BCUT2D eigenvalue weighted by Gasteiger charge is -2.18. The predicted octanol–water partition coefficient (Wildman–Crippen LogP) is 3.55. The van der Waals surface area contributed by atoms with Crippen LogP contribution in [0.5, 0.6) is 11.5 Å². The van der Waals surface area contributed by atoms with E-state index in [-0.39, 0.29) is 17.7 Å². The van der Waals surface area contributed by atoms with E-state index >= 15 is 0 Å². The Labute approximate surface area is 149 Å². The van der Waals surface area contributed by atoms with Crippen molar-refractivity contribution in [2.45, 2.75) is 33.3 Å². The minimum absolute atomic E-state index is 0.0501. The number of hydrogen-bond acceptors (Lipinski definition) is 4. The van der Waals surface area contributed by atoms with Gasteiger partial charge in [-0.25, -0.2) is 4.79 Å². The summed E-state index contributed by atoms with van der Waals surface area (Å²) in [4.78, 5) is 24.5. The van der Waals surface area contributed by atoms with Gasteiger partial charge in [-0.2, -0.15) is 0 Å². The molecule has 1 aromatic rings. The molecule has 1 fully saturated rings. The van der Waals surface area contributed by atoms with Crippen molar-refractivity contribution >= 4 is 33.9 Å². The van der Waals surface area contributed by atoms with Crippen molar-refractivity contribution in [2.75, 3.05) is 13.7 Å². The van der Waals surface area contributed by atoms with E-state index in [1.165, 1.54) is 7.05 Å². The first-order valence-corrected chi connectivity index (χ1v) is 8.60. The zero-order valence-corrected chi connectivity index (χ0v) is 15.8. The van der Waals surface area contributed by atoms with Gasteiger partial charge in [0.05, 0.1) is 17.2 Å². The predicted molar refractivity (Wildman–Crippen MR) is 95.0 cm³/mol. The highest BCUT2D eigenvalue weighted by atomic mass is 79.9. The summed E-state index contributed by atoms with van der Waals surface area (Å²) < 4.78 is 12.3. The summed E-state index contributed by atoms with van der Waals surface area (Å²) in [7, 11) is 1.43. The average molecular weight is 397 g/mol. The van der Waals surface area contributed by atoms with E-state index in [0.717, 1.165) is 21.4 Å². The first-order chi connectivity index (χ1) is 11.4. The molecule has 1 aliphatic heterocycles. The van der Waals surface area contributed by atoms with Gasteiger partial charge in [-0.3, -0.25) is 9.69 Å². The molecule has 0 aliphatic carbocycles. The van der Waals surface area contributed by atoms with Gasteiger partial charge >= 0.3 is 6.03 Å². The molecule has 1 N–H and O–H groups in total. The van der Waals surface area contributed by atoms with Crippen LogP contribution in [0.25, 0.3) is 6.08 Å². The summed E-state index contributed by atoms with van der Waals surface area (Å²) in [6.45, 7) is 6.41. The molecule has 2 rings (SSSR count). The smallest absolute Gasteiger partial charge is 0.328 e. The largest absolute Gasteiger partial charge is 0.490 e. The van der Waals surface area contributed by atoms with Gasteiger partial charge in [0.1, 0.15) is 5.70 Å². The normalized spacial score (nSPS) is 17.2. The summed E-state index contributed by atoms with van der Waals surface area (Å²) in [5, 5.41) is 2.54. The third kappa shape index (κ3) is 3.90. The Hall–Kier alpha value is -2.02. The van der Waals surface area contributed by atoms with E-state index in [1.54, 1.807) is 12.1 Å². The fraction of sp³-hybridized carbons (Fsp3) is 0.412. The molecule has 0 bridgehead atoms. The van der Waals surface area contributed by atoms with Gasteiger partial charge in [0, 0.05) is 7.05 Å². The molecule has 1 atom stereocenters. The molecular formula is C17H21BrN2O4. The molecule has 7 heteroatoms. The topological polar surface area (TPSA) is 67.9 Å². The Kier molecular flexibility index (Phi) is 5.88. The van der Waals surface area contributed by atoms with Gasteiger partial charge in [-0.1, -0.05) is 6.92 Å². The summed E-state index contributed by atoms with van der Waals surface area (Å²) in [5.41, 5.74) is 0.952. The number of rotatable bonds is 6. The lowest BCUT2D eigenvalue weighted by atomic mass is 10.1. The highest BCUT2D eigenvalue weighted by Crippen LogP contribution is 2.38. The zero-order valence-electron chi connectivity index (χ0n) is 14.2. The first kappa shape index (κ1) is 18.3. The number of carbonyl (C=O) groups excluding carboxylic acids is 2. The molecule has 130 valence electrons. The molecule has 0 saturated carbocycles. The number of benzene rings is 1. The Morgan fingerprint density at radius 3 is 2.58 bits per heavy atom. The second-order valence-corrected chi connectivity index (χ2v) is 6.31. The molecule has 1 aliphatic rings. The van der Waals surface area contributed by atoms with Crippen molar-refractivity contribution in [3.63, 3.8) is 0 Å². The number of ether oxygens (including phenoxy) is 2. The Morgan fingerprint density at radius 2 is 2.04 bits per heavy atom. The number of amides is 3. The number of likely N-dealkylation sites (N-methyl/N-ethyl adjacent to an activating group) is 1. The quantitative estimate of drug-likeness (QED) is 0.589. The zero-order chi connectivity index (χ0) is 17.9. The second-order valence-electron chi connectivity index (χ2n) is 5.45. The van der Waals surface area contributed by atoms with Crippen LogP contribution in [0.4, 0.5) is 4.79 Å². The Bertz CT molecular complexity index is 687. The maximum atomic E-state index is 12.0. The minimum Gasteiger partial charge on any atom is -0.490 e. The van der Waals surface area contributed by atoms with Crippen molar-refractivity contribution < 1.29 is 19.1 Å². The van der Waals surface area contributed by atoms with E-state index in [0.29, 0.717) is 18.1 Å². The second kappa shape index (κ2) is 7.70. The minimum atomic E-state index is -0.438. The molecule has 0 radical (unpaired) electrons. The maximum absolute atomic E-state index is 12.0. The van der Waals surface area contributed by atoms with Gasteiger partial charge in [0.2, 0.25) is 0 Å². The SMILES string of the molecule is CCOc1cc(/C=C2/NC(=O)N(C)C2=O)cc(Br)c1O[C@H](C)CC. The third-order valence-corrected chi connectivity index (χ3v) is 4.21. The van der Waals surface area contributed by atoms with Crippen LogP contribution in [0, 0.1) is 0 Å². The highest BCUT2D eigenvalue weighted by molar-refractivity contribution is 9.10. The summed E-state index contributed by atoms with van der Waals surface area (Å²) in [6.07, 6.45) is 2.54. The molecule has 0 unspecified atom stereocenters. The lowest BCUT2D eigenvalue weighted by molar-refractivity contribution is -0.121. The summed E-state index contributed by atoms with van der Waals surface area (Å²) in [5.74, 6) is 0.852. The molecular weight excluding hydrogens is 376 g/mol. The third-order valence-electron chi connectivity index (χ3n) is 3.62. The van der Waals surface area contributed by atoms with E-state index in [2.05, 4.69) is 21.2 Å². The van der Waals surface area contributed by atoms with E-state index in [9.17, 15) is 9.59 Å². The molecule has 1 saturated heterocycles. The van der Waals surface area contributed by atoms with Gasteiger partial charge in [0.15, 0.2) is 11.5 Å². The number of nitrogens with zero attached hydrogens (tertiary/aromatic N) is 1. The highest BCUT2D eigenvalue weighted by Gasteiger charge is 2.30. The van der Waals surface area contributed by atoms with E-state index in [1.807, 2.05) is 26.8 Å². The van der Waals surface area contributed by atoms with Crippen molar-refractivity contribution in [1.82, 2.24) is 10.2 Å².